The molecular formula is C29H35FN4O5. The molecule has 3 atom stereocenters. The van der Waals surface area contributed by atoms with E-state index in [1.807, 2.05) is 0 Å². The number of allylic oxidation sites excluding steroid dienone is 1. The van der Waals surface area contributed by atoms with Gasteiger partial charge in [0.2, 0.25) is 11.8 Å². The molecular weight excluding hydrogens is 503 g/mol. The van der Waals surface area contributed by atoms with Crippen LogP contribution in [0.5, 0.6) is 0 Å². The second kappa shape index (κ2) is 11.9. The Balaban J connectivity index is 1.77. The van der Waals surface area contributed by atoms with E-state index in [4.69, 9.17) is 11.1 Å². The molecule has 0 bridgehead atoms. The molecule has 1 fully saturated rings. The number of amides is 3. The van der Waals surface area contributed by atoms with E-state index in [0.717, 1.165) is 0 Å². The zero-order chi connectivity index (χ0) is 29.1. The zero-order valence-electron chi connectivity index (χ0n) is 22.5. The highest BCUT2D eigenvalue weighted by Gasteiger charge is 2.44. The Morgan fingerprint density at radius 1 is 1.23 bits per heavy atom. The zero-order valence-corrected chi connectivity index (χ0v) is 22.5. The van der Waals surface area contributed by atoms with Crippen LogP contribution < -0.4 is 11.1 Å². The highest BCUT2D eigenvalue weighted by Crippen LogP contribution is 2.40. The number of hydrogen-bond acceptors (Lipinski definition) is 6. The molecule has 2 aromatic rings. The fraction of sp³-hybridized carbons (Fsp3) is 0.379. The van der Waals surface area contributed by atoms with Crippen LogP contribution in [0.4, 0.5) is 4.39 Å². The average Bonchev–Trinajstić information content (AvgIpc) is 3.31. The van der Waals surface area contributed by atoms with E-state index in [-0.39, 0.29) is 23.4 Å². The molecule has 1 aliphatic heterocycles. The lowest BCUT2D eigenvalue weighted by Gasteiger charge is -2.37. The molecule has 0 spiro atoms. The molecule has 0 aromatic heterocycles. The SMILES string of the molecule is CC(=N)/C=C(\C(N)=O)C(O)c1ccc(C(=O)NCC(=O)N2[C@H](c3cccc(F)c3)CC[C@@H]2C(C)(C)O)cc1C. The molecule has 0 saturated carbocycles. The van der Waals surface area contributed by atoms with Gasteiger partial charge >= 0.3 is 0 Å². The predicted molar refractivity (Wildman–Crippen MR) is 144 cm³/mol. The number of aliphatic hydroxyl groups excluding tert-OH is 1. The largest absolute Gasteiger partial charge is 0.388 e. The number of hydrogen-bond donors (Lipinski definition) is 5. The van der Waals surface area contributed by atoms with Gasteiger partial charge in [0.05, 0.1) is 29.8 Å². The topological polar surface area (TPSA) is 157 Å². The van der Waals surface area contributed by atoms with Gasteiger partial charge in [0, 0.05) is 11.3 Å². The van der Waals surface area contributed by atoms with Crippen LogP contribution in [-0.4, -0.2) is 56.7 Å². The van der Waals surface area contributed by atoms with Gasteiger partial charge in [-0.15, -0.1) is 0 Å². The maximum Gasteiger partial charge on any atom is 0.251 e. The van der Waals surface area contributed by atoms with Crippen molar-refractivity contribution in [3.05, 3.63) is 82.2 Å². The van der Waals surface area contributed by atoms with E-state index in [1.165, 1.54) is 48.2 Å². The maximum absolute atomic E-state index is 13.9. The minimum Gasteiger partial charge on any atom is -0.388 e. The average molecular weight is 539 g/mol. The molecule has 1 heterocycles. The Labute approximate surface area is 227 Å². The molecule has 0 aliphatic carbocycles. The summed E-state index contributed by atoms with van der Waals surface area (Å²) in [6.07, 6.45) is 0.872. The maximum atomic E-state index is 13.9. The fourth-order valence-corrected chi connectivity index (χ4v) is 5.05. The summed E-state index contributed by atoms with van der Waals surface area (Å²) in [4.78, 5) is 39.6. The van der Waals surface area contributed by atoms with Crippen molar-refractivity contribution in [2.24, 2.45) is 5.73 Å². The molecule has 2 aromatic carbocycles. The van der Waals surface area contributed by atoms with Crippen molar-refractivity contribution in [2.45, 2.75) is 64.3 Å². The van der Waals surface area contributed by atoms with Crippen LogP contribution in [-0.2, 0) is 9.59 Å². The van der Waals surface area contributed by atoms with E-state index in [0.29, 0.717) is 29.5 Å². The third-order valence-electron chi connectivity index (χ3n) is 6.90. The summed E-state index contributed by atoms with van der Waals surface area (Å²) >= 11 is 0. The number of aliphatic hydroxyl groups is 2. The van der Waals surface area contributed by atoms with Crippen molar-refractivity contribution in [1.29, 1.82) is 5.41 Å². The highest BCUT2D eigenvalue weighted by atomic mass is 19.1. The lowest BCUT2D eigenvalue weighted by molar-refractivity contribution is -0.138. The summed E-state index contributed by atoms with van der Waals surface area (Å²) in [5, 5.41) is 31.6. The Bertz CT molecular complexity index is 1320. The Hall–Kier alpha value is -3.89. The minimum absolute atomic E-state index is 0.0469. The number of benzene rings is 2. The van der Waals surface area contributed by atoms with Crippen LogP contribution in [0.3, 0.4) is 0 Å². The van der Waals surface area contributed by atoms with Crippen LogP contribution >= 0.6 is 0 Å². The van der Waals surface area contributed by atoms with Crippen molar-refractivity contribution in [3.63, 3.8) is 0 Å². The van der Waals surface area contributed by atoms with Gasteiger partial charge in [-0.1, -0.05) is 18.2 Å². The highest BCUT2D eigenvalue weighted by molar-refractivity contribution is 6.02. The van der Waals surface area contributed by atoms with Gasteiger partial charge in [-0.2, -0.15) is 0 Å². The summed E-state index contributed by atoms with van der Waals surface area (Å²) in [7, 11) is 0. The number of carbonyl (C=O) groups is 3. The normalized spacial score (nSPS) is 18.5. The molecule has 1 unspecified atom stereocenters. The first kappa shape index (κ1) is 29.7. The Morgan fingerprint density at radius 3 is 2.49 bits per heavy atom. The van der Waals surface area contributed by atoms with E-state index in [9.17, 15) is 29.0 Å². The number of nitrogens with one attached hydrogen (secondary N) is 2. The van der Waals surface area contributed by atoms with E-state index < -0.39 is 47.3 Å². The molecule has 10 heteroatoms. The minimum atomic E-state index is -1.38. The van der Waals surface area contributed by atoms with Gasteiger partial charge in [-0.3, -0.25) is 14.4 Å². The molecule has 0 radical (unpaired) electrons. The lowest BCUT2D eigenvalue weighted by atomic mass is 9.94. The number of nitrogens with zero attached hydrogens (tertiary/aromatic N) is 1. The second-order valence-corrected chi connectivity index (χ2v) is 10.4. The molecule has 3 rings (SSSR count). The number of likely N-dealkylation sites (tertiary alicyclic amines) is 1. The monoisotopic (exact) mass is 538 g/mol. The Kier molecular flexibility index (Phi) is 9.03. The number of nitrogens with two attached hydrogens (primary N) is 1. The van der Waals surface area contributed by atoms with Gasteiger partial charge in [0.1, 0.15) is 11.9 Å². The third kappa shape index (κ3) is 6.96. The smallest absolute Gasteiger partial charge is 0.251 e. The molecule has 9 nitrogen and oxygen atoms in total. The molecule has 208 valence electrons. The van der Waals surface area contributed by atoms with Crippen molar-refractivity contribution >= 4 is 23.4 Å². The quantitative estimate of drug-likeness (QED) is 0.245. The number of halogens is 1. The van der Waals surface area contributed by atoms with Gasteiger partial charge in [0.15, 0.2) is 0 Å². The lowest BCUT2D eigenvalue weighted by Crippen LogP contribution is -2.51. The summed E-state index contributed by atoms with van der Waals surface area (Å²) in [5.74, 6) is -2.23. The van der Waals surface area contributed by atoms with Crippen molar-refractivity contribution in [3.8, 4) is 0 Å². The molecule has 6 N–H and O–H groups in total. The van der Waals surface area contributed by atoms with Gasteiger partial charge in [-0.05, 0) is 87.6 Å². The van der Waals surface area contributed by atoms with Crippen LogP contribution in [0.25, 0.3) is 0 Å². The Morgan fingerprint density at radius 2 is 1.92 bits per heavy atom. The van der Waals surface area contributed by atoms with Crippen LogP contribution in [0, 0.1) is 18.2 Å². The van der Waals surface area contributed by atoms with Crippen molar-refractivity contribution in [2.75, 3.05) is 6.54 Å². The van der Waals surface area contributed by atoms with E-state index >= 15 is 0 Å². The fourth-order valence-electron chi connectivity index (χ4n) is 5.05. The molecule has 1 aliphatic rings. The van der Waals surface area contributed by atoms with Gasteiger partial charge in [0.25, 0.3) is 5.91 Å². The molecule has 1 saturated heterocycles. The van der Waals surface area contributed by atoms with Gasteiger partial charge < -0.3 is 31.6 Å². The van der Waals surface area contributed by atoms with Crippen molar-refractivity contribution in [1.82, 2.24) is 10.2 Å². The summed E-state index contributed by atoms with van der Waals surface area (Å²) in [5.41, 5.74) is 5.76. The first-order chi connectivity index (χ1) is 18.2. The van der Waals surface area contributed by atoms with E-state index in [1.54, 1.807) is 32.9 Å². The van der Waals surface area contributed by atoms with Crippen LogP contribution in [0.1, 0.15) is 72.8 Å². The summed E-state index contributed by atoms with van der Waals surface area (Å²) in [6.45, 7) is 5.99. The summed E-state index contributed by atoms with van der Waals surface area (Å²) < 4.78 is 13.9. The van der Waals surface area contributed by atoms with Crippen molar-refractivity contribution < 1.29 is 29.0 Å². The first-order valence-electron chi connectivity index (χ1n) is 12.6. The standard InChI is InChI=1S/C29H35FN4O5/c1-16-12-19(8-9-21(16)26(36)22(27(32)37)13-17(2)31)28(38)33-15-25(35)34-23(10-11-24(34)29(3,4)39)18-6-5-7-20(30)14-18/h5-9,12-14,23-24,26,31,36,39H,10-11,15H2,1-4H3,(H2,32,37)(H,33,38)/b22-13-,31-17?/t23-,24+,26?/m0/s1. The number of carbonyl (C=O) groups excluding carboxylic acids is 3. The van der Waals surface area contributed by atoms with Crippen LogP contribution in [0.2, 0.25) is 0 Å². The summed E-state index contributed by atoms with van der Waals surface area (Å²) in [6, 6.07) is 9.49. The predicted octanol–water partition coefficient (Wildman–Crippen LogP) is 2.85. The first-order valence-corrected chi connectivity index (χ1v) is 12.6. The van der Waals surface area contributed by atoms with Crippen LogP contribution in [0.15, 0.2) is 54.1 Å². The number of rotatable bonds is 9. The van der Waals surface area contributed by atoms with E-state index in [2.05, 4.69) is 5.32 Å². The number of aryl methyl sites for hydroxylation is 1. The number of primary amides is 1. The third-order valence-corrected chi connectivity index (χ3v) is 6.90. The van der Waals surface area contributed by atoms with Gasteiger partial charge in [-0.25, -0.2) is 4.39 Å². The second-order valence-electron chi connectivity index (χ2n) is 10.4. The molecule has 39 heavy (non-hydrogen) atoms. The molecule has 3 amide bonds.